The lowest BCUT2D eigenvalue weighted by atomic mass is 9.88. The Labute approximate surface area is 224 Å². The number of aryl methyl sites for hydroxylation is 1. The van der Waals surface area contributed by atoms with Crippen LogP contribution in [0.4, 0.5) is 0 Å². The maximum Gasteiger partial charge on any atom is 0.260 e. The van der Waals surface area contributed by atoms with Gasteiger partial charge < -0.3 is 36.1 Å². The highest BCUT2D eigenvalue weighted by atomic mass is 32.1. The molecule has 0 saturated carbocycles. The molecule has 5 atom stereocenters. The number of amides is 3. The monoisotopic (exact) mass is 550 g/mol. The number of benzene rings is 1. The van der Waals surface area contributed by atoms with Crippen LogP contribution in [0.1, 0.15) is 44.7 Å². The maximum atomic E-state index is 13.3. The third kappa shape index (κ3) is 7.88. The van der Waals surface area contributed by atoms with Gasteiger partial charge in [0.2, 0.25) is 11.8 Å². The number of ether oxygens (including phenoxy) is 2. The van der Waals surface area contributed by atoms with Gasteiger partial charge in [-0.05, 0) is 12.5 Å². The van der Waals surface area contributed by atoms with Crippen LogP contribution < -0.4 is 16.4 Å². The molecule has 2 rings (SSSR count). The molecule has 0 aliphatic carbocycles. The number of nitrogens with one attached hydrogen (secondary N) is 2. The topological polar surface area (TPSA) is 190 Å². The van der Waals surface area contributed by atoms with E-state index in [-0.39, 0.29) is 23.8 Å². The Hall–Kier alpha value is -3.23. The van der Waals surface area contributed by atoms with Gasteiger partial charge in [0.15, 0.2) is 5.78 Å². The lowest BCUT2D eigenvalue weighted by Gasteiger charge is -2.28. The summed E-state index contributed by atoms with van der Waals surface area (Å²) in [5, 5.41) is 25.0. The number of ketones is 1. The third-order valence-electron chi connectivity index (χ3n) is 5.86. The fraction of sp³-hybridized carbons (Fsp3) is 0.480. The first-order chi connectivity index (χ1) is 18.0. The standard InChI is InChI=1S/C25H34N4O8S/c1-13(15-8-6-5-7-9-15)19(21(32)18(31)10-30)29-25(35)17(12-37-4)28-24(34)16(11-36-3)20-22(23(26)33)38-14(2)27-20/h5-9,13,16-19,30-31H,10-12H2,1-4H3,(H2,26,33)(H,28,34)(H,29,35)/t13?,16-,17+,18-,19+/m1/s1. The van der Waals surface area contributed by atoms with Crippen molar-refractivity contribution in [2.24, 2.45) is 5.73 Å². The fourth-order valence-electron chi connectivity index (χ4n) is 3.87. The number of rotatable bonds is 15. The molecule has 38 heavy (non-hydrogen) atoms. The molecule has 1 aromatic carbocycles. The summed E-state index contributed by atoms with van der Waals surface area (Å²) in [6.07, 6.45) is -1.71. The number of hydrogen-bond acceptors (Lipinski definition) is 10. The van der Waals surface area contributed by atoms with Crippen LogP contribution in [0, 0.1) is 6.92 Å². The minimum Gasteiger partial charge on any atom is -0.393 e. The molecule has 0 aliphatic heterocycles. The molecule has 0 radical (unpaired) electrons. The van der Waals surface area contributed by atoms with Crippen LogP contribution in [0.5, 0.6) is 0 Å². The number of aliphatic hydroxyl groups excluding tert-OH is 2. The molecule has 12 nitrogen and oxygen atoms in total. The number of primary amides is 1. The zero-order valence-electron chi connectivity index (χ0n) is 21.7. The third-order valence-corrected chi connectivity index (χ3v) is 6.86. The molecule has 2 aromatic rings. The van der Waals surface area contributed by atoms with E-state index >= 15 is 0 Å². The Morgan fingerprint density at radius 3 is 2.24 bits per heavy atom. The van der Waals surface area contributed by atoms with Crippen molar-refractivity contribution in [1.82, 2.24) is 15.6 Å². The van der Waals surface area contributed by atoms with Gasteiger partial charge in [0.1, 0.15) is 22.9 Å². The average Bonchev–Trinajstić information content (AvgIpc) is 3.30. The van der Waals surface area contributed by atoms with Gasteiger partial charge in [-0.15, -0.1) is 11.3 Å². The van der Waals surface area contributed by atoms with E-state index in [1.807, 2.05) is 0 Å². The van der Waals surface area contributed by atoms with Gasteiger partial charge in [-0.25, -0.2) is 4.98 Å². The summed E-state index contributed by atoms with van der Waals surface area (Å²) in [4.78, 5) is 55.8. The first-order valence-electron chi connectivity index (χ1n) is 11.8. The highest BCUT2D eigenvalue weighted by Gasteiger charge is 2.36. The molecule has 3 amide bonds. The van der Waals surface area contributed by atoms with E-state index in [1.54, 1.807) is 44.2 Å². The van der Waals surface area contributed by atoms with Crippen molar-refractivity contribution in [3.8, 4) is 0 Å². The van der Waals surface area contributed by atoms with Crippen molar-refractivity contribution < 1.29 is 38.9 Å². The summed E-state index contributed by atoms with van der Waals surface area (Å²) in [7, 11) is 2.70. The molecule has 0 spiro atoms. The molecular weight excluding hydrogens is 516 g/mol. The van der Waals surface area contributed by atoms with Crippen molar-refractivity contribution >= 4 is 34.8 Å². The Kier molecular flexibility index (Phi) is 11.9. The van der Waals surface area contributed by atoms with Gasteiger partial charge in [0.05, 0.1) is 36.6 Å². The highest BCUT2D eigenvalue weighted by Crippen LogP contribution is 2.26. The summed E-state index contributed by atoms with van der Waals surface area (Å²) in [5.41, 5.74) is 6.30. The van der Waals surface area contributed by atoms with Crippen molar-refractivity contribution in [3.63, 3.8) is 0 Å². The van der Waals surface area contributed by atoms with Crippen LogP contribution in [-0.4, -0.2) is 90.9 Å². The number of carbonyl (C=O) groups is 4. The summed E-state index contributed by atoms with van der Waals surface area (Å²) in [6.45, 7) is 2.13. The summed E-state index contributed by atoms with van der Waals surface area (Å²) >= 11 is 1.04. The zero-order chi connectivity index (χ0) is 28.4. The lowest BCUT2D eigenvalue weighted by Crippen LogP contribution is -2.57. The molecule has 1 heterocycles. The van der Waals surface area contributed by atoms with Crippen LogP contribution in [0.3, 0.4) is 0 Å². The maximum absolute atomic E-state index is 13.3. The number of aliphatic hydroxyl groups is 2. The van der Waals surface area contributed by atoms with Crippen LogP contribution in [0.2, 0.25) is 0 Å². The summed E-state index contributed by atoms with van der Waals surface area (Å²) in [5.74, 6) is -4.61. The van der Waals surface area contributed by atoms with Gasteiger partial charge >= 0.3 is 0 Å². The number of nitrogens with two attached hydrogens (primary N) is 1. The van der Waals surface area contributed by atoms with Crippen LogP contribution in [0.25, 0.3) is 0 Å². The van der Waals surface area contributed by atoms with Crippen molar-refractivity contribution in [2.45, 2.75) is 43.9 Å². The molecule has 1 aromatic heterocycles. The van der Waals surface area contributed by atoms with Gasteiger partial charge in [0.25, 0.3) is 5.91 Å². The quantitative estimate of drug-likeness (QED) is 0.197. The van der Waals surface area contributed by atoms with E-state index in [1.165, 1.54) is 14.2 Å². The predicted octanol–water partition coefficient (Wildman–Crippen LogP) is -0.378. The number of nitrogens with zero attached hydrogens (tertiary/aromatic N) is 1. The van der Waals surface area contributed by atoms with E-state index in [0.717, 1.165) is 11.3 Å². The van der Waals surface area contributed by atoms with Crippen molar-refractivity contribution in [2.75, 3.05) is 34.0 Å². The molecule has 6 N–H and O–H groups in total. The second-order valence-electron chi connectivity index (χ2n) is 8.62. The molecule has 13 heteroatoms. The van der Waals surface area contributed by atoms with Crippen molar-refractivity contribution in [3.05, 3.63) is 51.5 Å². The Morgan fingerprint density at radius 2 is 1.68 bits per heavy atom. The number of thiazole rings is 1. The molecule has 1 unspecified atom stereocenters. The van der Waals surface area contributed by atoms with Crippen molar-refractivity contribution in [1.29, 1.82) is 0 Å². The largest absolute Gasteiger partial charge is 0.393 e. The highest BCUT2D eigenvalue weighted by molar-refractivity contribution is 7.13. The molecule has 0 bridgehead atoms. The first-order valence-corrected chi connectivity index (χ1v) is 12.6. The van der Waals surface area contributed by atoms with E-state index < -0.39 is 60.1 Å². The van der Waals surface area contributed by atoms with E-state index in [0.29, 0.717) is 10.6 Å². The fourth-order valence-corrected chi connectivity index (χ4v) is 4.70. The number of aromatic nitrogens is 1. The average molecular weight is 551 g/mol. The van der Waals surface area contributed by atoms with E-state index in [4.69, 9.17) is 15.2 Å². The Bertz CT molecular complexity index is 1110. The minimum absolute atomic E-state index is 0.104. The molecule has 0 fully saturated rings. The zero-order valence-corrected chi connectivity index (χ0v) is 22.5. The van der Waals surface area contributed by atoms with E-state index in [9.17, 15) is 29.4 Å². The minimum atomic E-state index is -1.71. The normalized spacial score (nSPS) is 15.1. The second kappa shape index (κ2) is 14.6. The van der Waals surface area contributed by atoms with Crippen LogP contribution in [0.15, 0.2) is 30.3 Å². The second-order valence-corrected chi connectivity index (χ2v) is 9.83. The Morgan fingerprint density at radius 1 is 1.05 bits per heavy atom. The van der Waals surface area contributed by atoms with Gasteiger partial charge in [-0.2, -0.15) is 0 Å². The lowest BCUT2D eigenvalue weighted by molar-refractivity contribution is -0.137. The molecular formula is C25H34N4O8S. The first kappa shape index (κ1) is 31.0. The van der Waals surface area contributed by atoms with Gasteiger partial charge in [-0.3, -0.25) is 19.2 Å². The molecule has 0 aliphatic rings. The number of hydrogen-bond donors (Lipinski definition) is 5. The van der Waals surface area contributed by atoms with E-state index in [2.05, 4.69) is 15.6 Å². The summed E-state index contributed by atoms with van der Waals surface area (Å²) < 4.78 is 10.3. The van der Waals surface area contributed by atoms with Crippen LogP contribution >= 0.6 is 11.3 Å². The number of Topliss-reactive ketones (excluding diaryl/α,β-unsaturated/α-hetero) is 1. The smallest absolute Gasteiger partial charge is 0.260 e. The molecule has 0 saturated heterocycles. The Balaban J connectivity index is 2.32. The summed E-state index contributed by atoms with van der Waals surface area (Å²) in [6, 6.07) is 6.37. The van der Waals surface area contributed by atoms with Gasteiger partial charge in [0, 0.05) is 20.1 Å². The van der Waals surface area contributed by atoms with Gasteiger partial charge in [-0.1, -0.05) is 37.3 Å². The van der Waals surface area contributed by atoms with Crippen LogP contribution in [-0.2, 0) is 23.9 Å². The SMILES string of the molecule is COC[C@H](NC(=O)[C@H](COC)c1nc(C)sc1C(N)=O)C(=O)N[C@H](C(=O)[C@H](O)CO)C(C)c1ccccc1. The number of methoxy groups -OCH3 is 2. The predicted molar refractivity (Wildman–Crippen MR) is 139 cm³/mol. The number of carbonyl (C=O) groups excluding carboxylic acids is 4. The molecule has 208 valence electrons.